The van der Waals surface area contributed by atoms with Gasteiger partial charge in [-0.3, -0.25) is 0 Å². The van der Waals surface area contributed by atoms with Gasteiger partial charge in [-0.05, 0) is 42.9 Å². The second-order valence-electron chi connectivity index (χ2n) is 4.77. The summed E-state index contributed by atoms with van der Waals surface area (Å²) in [5.74, 6) is 0.986. The molecular formula is C13H18N2. The van der Waals surface area contributed by atoms with Gasteiger partial charge in [0, 0.05) is 24.8 Å². The zero-order chi connectivity index (χ0) is 10.3. The van der Waals surface area contributed by atoms with Gasteiger partial charge in [0.15, 0.2) is 0 Å². The average Bonchev–Trinajstić information content (AvgIpc) is 3.07. The molecule has 80 valence electrons. The number of nitrogens with two attached hydrogens (primary N) is 1. The Balaban J connectivity index is 1.85. The van der Waals surface area contributed by atoms with Gasteiger partial charge in [-0.1, -0.05) is 12.1 Å². The summed E-state index contributed by atoms with van der Waals surface area (Å²) in [6.45, 7) is 1.88. The molecule has 1 aromatic rings. The molecule has 0 bridgehead atoms. The van der Waals surface area contributed by atoms with Crippen molar-refractivity contribution in [1.82, 2.24) is 0 Å². The summed E-state index contributed by atoms with van der Waals surface area (Å²) in [7, 11) is 0. The summed E-state index contributed by atoms with van der Waals surface area (Å²) in [6.07, 6.45) is 4.21. The Hall–Kier alpha value is -1.02. The number of nitrogens with zero attached hydrogens (tertiary/aromatic N) is 1. The highest BCUT2D eigenvalue weighted by molar-refractivity contribution is 5.51. The smallest absolute Gasteiger partial charge is 0.0372 e. The summed E-state index contributed by atoms with van der Waals surface area (Å²) < 4.78 is 0. The van der Waals surface area contributed by atoms with E-state index in [4.69, 9.17) is 5.73 Å². The lowest BCUT2D eigenvalue weighted by Gasteiger charge is -2.29. The number of hydrogen-bond donors (Lipinski definition) is 1. The Morgan fingerprint density at radius 1 is 1.40 bits per heavy atom. The highest BCUT2D eigenvalue weighted by Gasteiger charge is 2.43. The van der Waals surface area contributed by atoms with Crippen LogP contribution in [0.2, 0.25) is 0 Å². The number of piperidine rings is 1. The van der Waals surface area contributed by atoms with Crippen molar-refractivity contribution in [2.45, 2.75) is 31.8 Å². The van der Waals surface area contributed by atoms with Crippen LogP contribution in [0.4, 0.5) is 5.69 Å². The first-order chi connectivity index (χ1) is 7.38. The summed E-state index contributed by atoms with van der Waals surface area (Å²) >= 11 is 0. The minimum Gasteiger partial charge on any atom is -0.368 e. The van der Waals surface area contributed by atoms with Crippen molar-refractivity contribution in [2.24, 2.45) is 11.7 Å². The van der Waals surface area contributed by atoms with Gasteiger partial charge < -0.3 is 10.6 Å². The molecule has 2 aliphatic rings. The van der Waals surface area contributed by atoms with Crippen molar-refractivity contribution >= 4 is 5.69 Å². The Bertz CT molecular complexity index is 361. The summed E-state index contributed by atoms with van der Waals surface area (Å²) in [4.78, 5) is 2.58. The van der Waals surface area contributed by atoms with Crippen molar-refractivity contribution < 1.29 is 0 Å². The van der Waals surface area contributed by atoms with E-state index in [1.54, 1.807) is 0 Å². The standard InChI is InChI=1S/C13H18N2/c14-9-10-3-1-5-12(7-10)15-6-2-4-11-8-13(11)15/h1,3,5,7,11,13H,2,4,6,8-9,14H2. The van der Waals surface area contributed by atoms with Crippen molar-refractivity contribution in [1.29, 1.82) is 0 Å². The second-order valence-corrected chi connectivity index (χ2v) is 4.77. The summed E-state index contributed by atoms with van der Waals surface area (Å²) in [5.41, 5.74) is 8.30. The van der Waals surface area contributed by atoms with Crippen LogP contribution >= 0.6 is 0 Å². The predicted molar refractivity (Wildman–Crippen MR) is 62.8 cm³/mol. The van der Waals surface area contributed by atoms with Gasteiger partial charge in [-0.15, -0.1) is 0 Å². The van der Waals surface area contributed by atoms with Crippen LogP contribution in [-0.4, -0.2) is 12.6 Å². The molecule has 2 fully saturated rings. The lowest BCUT2D eigenvalue weighted by molar-refractivity contribution is 0.559. The van der Waals surface area contributed by atoms with Gasteiger partial charge in [-0.2, -0.15) is 0 Å². The van der Waals surface area contributed by atoms with E-state index >= 15 is 0 Å². The van der Waals surface area contributed by atoms with E-state index in [0.29, 0.717) is 6.54 Å². The van der Waals surface area contributed by atoms with E-state index in [1.807, 2.05) is 0 Å². The monoisotopic (exact) mass is 202 g/mol. The van der Waals surface area contributed by atoms with Crippen molar-refractivity contribution in [3.8, 4) is 0 Å². The normalized spacial score (nSPS) is 28.7. The molecule has 2 unspecified atom stereocenters. The zero-order valence-corrected chi connectivity index (χ0v) is 9.02. The van der Waals surface area contributed by atoms with Crippen molar-refractivity contribution in [2.75, 3.05) is 11.4 Å². The Kier molecular flexibility index (Phi) is 2.17. The number of rotatable bonds is 2. The maximum Gasteiger partial charge on any atom is 0.0372 e. The predicted octanol–water partition coefficient (Wildman–Crippen LogP) is 2.13. The van der Waals surface area contributed by atoms with E-state index in [2.05, 4.69) is 29.2 Å². The van der Waals surface area contributed by atoms with Crippen LogP contribution in [0.5, 0.6) is 0 Å². The first kappa shape index (κ1) is 9.22. The van der Waals surface area contributed by atoms with Gasteiger partial charge in [0.1, 0.15) is 0 Å². The van der Waals surface area contributed by atoms with E-state index in [9.17, 15) is 0 Å². The van der Waals surface area contributed by atoms with Crippen LogP contribution < -0.4 is 10.6 Å². The van der Waals surface area contributed by atoms with Crippen LogP contribution in [-0.2, 0) is 6.54 Å². The molecule has 1 heterocycles. The lowest BCUT2D eigenvalue weighted by Crippen LogP contribution is -2.31. The Morgan fingerprint density at radius 3 is 3.20 bits per heavy atom. The molecule has 15 heavy (non-hydrogen) atoms. The van der Waals surface area contributed by atoms with Crippen LogP contribution in [0, 0.1) is 5.92 Å². The molecule has 1 aliphatic heterocycles. The molecule has 2 atom stereocenters. The zero-order valence-electron chi connectivity index (χ0n) is 9.02. The average molecular weight is 202 g/mol. The topological polar surface area (TPSA) is 29.3 Å². The van der Waals surface area contributed by atoms with Gasteiger partial charge in [0.05, 0.1) is 0 Å². The molecule has 0 aromatic heterocycles. The number of fused-ring (bicyclic) bond motifs is 1. The highest BCUT2D eigenvalue weighted by atomic mass is 15.2. The minimum atomic E-state index is 0.649. The van der Waals surface area contributed by atoms with Gasteiger partial charge >= 0.3 is 0 Å². The summed E-state index contributed by atoms with van der Waals surface area (Å²) in [6, 6.07) is 9.55. The van der Waals surface area contributed by atoms with E-state index in [1.165, 1.54) is 37.1 Å². The van der Waals surface area contributed by atoms with Crippen LogP contribution in [0.15, 0.2) is 24.3 Å². The van der Waals surface area contributed by atoms with Gasteiger partial charge in [0.2, 0.25) is 0 Å². The van der Waals surface area contributed by atoms with E-state index in [0.717, 1.165) is 12.0 Å². The van der Waals surface area contributed by atoms with Gasteiger partial charge in [-0.25, -0.2) is 0 Å². The fourth-order valence-corrected chi connectivity index (χ4v) is 2.80. The highest BCUT2D eigenvalue weighted by Crippen LogP contribution is 2.44. The fourth-order valence-electron chi connectivity index (χ4n) is 2.80. The molecule has 1 aliphatic carbocycles. The molecule has 2 N–H and O–H groups in total. The largest absolute Gasteiger partial charge is 0.368 e. The maximum atomic E-state index is 5.67. The summed E-state index contributed by atoms with van der Waals surface area (Å²) in [5, 5.41) is 0. The Labute approximate surface area is 91.1 Å². The molecular weight excluding hydrogens is 184 g/mol. The Morgan fingerprint density at radius 2 is 2.33 bits per heavy atom. The first-order valence-corrected chi connectivity index (χ1v) is 5.94. The maximum absolute atomic E-state index is 5.67. The third-order valence-electron chi connectivity index (χ3n) is 3.74. The molecule has 0 radical (unpaired) electrons. The molecule has 2 nitrogen and oxygen atoms in total. The number of benzene rings is 1. The molecule has 0 spiro atoms. The quantitative estimate of drug-likeness (QED) is 0.796. The lowest BCUT2D eigenvalue weighted by atomic mass is 10.1. The molecule has 2 heteroatoms. The molecule has 0 amide bonds. The van der Waals surface area contributed by atoms with E-state index in [-0.39, 0.29) is 0 Å². The first-order valence-electron chi connectivity index (χ1n) is 5.94. The van der Waals surface area contributed by atoms with Crippen molar-refractivity contribution in [3.05, 3.63) is 29.8 Å². The van der Waals surface area contributed by atoms with Gasteiger partial charge in [0.25, 0.3) is 0 Å². The third-order valence-corrected chi connectivity index (χ3v) is 3.74. The molecule has 1 saturated carbocycles. The second kappa shape index (κ2) is 3.53. The van der Waals surface area contributed by atoms with Crippen LogP contribution in [0.1, 0.15) is 24.8 Å². The molecule has 1 saturated heterocycles. The third kappa shape index (κ3) is 1.63. The van der Waals surface area contributed by atoms with E-state index < -0.39 is 0 Å². The minimum absolute atomic E-state index is 0.649. The fraction of sp³-hybridized carbons (Fsp3) is 0.538. The van der Waals surface area contributed by atoms with Crippen LogP contribution in [0.25, 0.3) is 0 Å². The SMILES string of the molecule is NCc1cccc(N2CCCC3CC32)c1. The van der Waals surface area contributed by atoms with Crippen molar-refractivity contribution in [3.63, 3.8) is 0 Å². The van der Waals surface area contributed by atoms with Crippen LogP contribution in [0.3, 0.4) is 0 Å². The number of anilines is 1. The molecule has 3 rings (SSSR count). The number of hydrogen-bond acceptors (Lipinski definition) is 2. The molecule has 1 aromatic carbocycles.